The highest BCUT2D eigenvalue weighted by atomic mass is 32.2. The Morgan fingerprint density at radius 2 is 1.70 bits per heavy atom. The molecule has 0 spiro atoms. The van der Waals surface area contributed by atoms with E-state index in [1.165, 1.54) is 11.4 Å². The molecule has 7 nitrogen and oxygen atoms in total. The van der Waals surface area contributed by atoms with E-state index in [1.807, 2.05) is 20.8 Å². The number of ether oxygens (including phenoxy) is 2. The van der Waals surface area contributed by atoms with Crippen molar-refractivity contribution >= 4 is 16.0 Å². The van der Waals surface area contributed by atoms with Gasteiger partial charge in [-0.25, -0.2) is 8.42 Å². The molecule has 180 valence electrons. The van der Waals surface area contributed by atoms with Crippen molar-refractivity contribution in [2.24, 2.45) is 5.41 Å². The Labute approximate surface area is 197 Å². The lowest BCUT2D eigenvalue weighted by atomic mass is 9.91. The minimum atomic E-state index is -3.86. The van der Waals surface area contributed by atoms with Crippen molar-refractivity contribution in [1.29, 1.82) is 0 Å². The average molecular weight is 475 g/mol. The van der Waals surface area contributed by atoms with Gasteiger partial charge < -0.3 is 9.47 Å². The highest BCUT2D eigenvalue weighted by Crippen LogP contribution is 2.33. The topological polar surface area (TPSA) is 85.8 Å². The predicted molar refractivity (Wildman–Crippen MR) is 126 cm³/mol. The van der Waals surface area contributed by atoms with Gasteiger partial charge in [-0.15, -0.1) is 0 Å². The summed E-state index contributed by atoms with van der Waals surface area (Å²) in [4.78, 5) is 16.9. The van der Waals surface area contributed by atoms with Crippen LogP contribution < -0.4 is 4.74 Å². The summed E-state index contributed by atoms with van der Waals surface area (Å²) in [6.07, 6.45) is 6.15. The van der Waals surface area contributed by atoms with Crippen molar-refractivity contribution in [3.8, 4) is 5.75 Å². The van der Waals surface area contributed by atoms with Crippen LogP contribution in [0.15, 0.2) is 53.7 Å². The third-order valence-electron chi connectivity index (χ3n) is 5.75. The van der Waals surface area contributed by atoms with Gasteiger partial charge >= 0.3 is 5.97 Å². The molecular formula is C25H34N2O5S. The van der Waals surface area contributed by atoms with Crippen molar-refractivity contribution < 1.29 is 22.7 Å². The third kappa shape index (κ3) is 6.77. The molecule has 1 aliphatic carbocycles. The molecule has 1 aromatic heterocycles. The molecule has 1 fully saturated rings. The zero-order valence-corrected chi connectivity index (χ0v) is 20.7. The van der Waals surface area contributed by atoms with Crippen LogP contribution in [-0.2, 0) is 26.1 Å². The maximum atomic E-state index is 13.8. The Morgan fingerprint density at radius 1 is 1.06 bits per heavy atom. The van der Waals surface area contributed by atoms with Crippen molar-refractivity contribution in [3.63, 3.8) is 0 Å². The molecule has 1 heterocycles. The number of sulfonamides is 1. The molecule has 0 amide bonds. The van der Waals surface area contributed by atoms with E-state index >= 15 is 0 Å². The summed E-state index contributed by atoms with van der Waals surface area (Å²) in [7, 11) is -2.32. The van der Waals surface area contributed by atoms with E-state index in [0.29, 0.717) is 18.6 Å². The minimum absolute atomic E-state index is 0.175. The number of hydrogen-bond donors (Lipinski definition) is 0. The fourth-order valence-corrected chi connectivity index (χ4v) is 5.79. The number of hydrogen-bond acceptors (Lipinski definition) is 6. The normalized spacial score (nSPS) is 19.3. The zero-order valence-electron chi connectivity index (χ0n) is 19.9. The van der Waals surface area contributed by atoms with E-state index in [9.17, 15) is 13.2 Å². The Hall–Kier alpha value is -2.45. The highest BCUT2D eigenvalue weighted by molar-refractivity contribution is 7.89. The third-order valence-corrected chi connectivity index (χ3v) is 7.63. The number of benzene rings is 1. The summed E-state index contributed by atoms with van der Waals surface area (Å²) in [5.41, 5.74) is 0.625. The number of aromatic nitrogens is 1. The van der Waals surface area contributed by atoms with Crippen LogP contribution in [-0.4, -0.2) is 42.9 Å². The molecule has 0 saturated heterocycles. The maximum absolute atomic E-state index is 13.8. The minimum Gasteiger partial charge on any atom is -0.497 e. The molecule has 8 heteroatoms. The lowest BCUT2D eigenvalue weighted by Crippen LogP contribution is -2.49. The van der Waals surface area contributed by atoms with Crippen LogP contribution in [0.25, 0.3) is 0 Å². The Balaban J connectivity index is 1.95. The molecule has 0 bridgehead atoms. The second kappa shape index (κ2) is 10.7. The van der Waals surface area contributed by atoms with Gasteiger partial charge in [-0.2, -0.15) is 4.31 Å². The van der Waals surface area contributed by atoms with Gasteiger partial charge in [0.1, 0.15) is 11.9 Å². The monoisotopic (exact) mass is 474 g/mol. The van der Waals surface area contributed by atoms with Gasteiger partial charge in [0.15, 0.2) is 0 Å². The lowest BCUT2D eigenvalue weighted by Gasteiger charge is -2.39. The number of carbonyl (C=O) groups is 1. The van der Waals surface area contributed by atoms with E-state index in [4.69, 9.17) is 9.47 Å². The van der Waals surface area contributed by atoms with Crippen molar-refractivity contribution in [1.82, 2.24) is 9.29 Å². The molecule has 2 atom stereocenters. The van der Waals surface area contributed by atoms with Gasteiger partial charge in [0.05, 0.1) is 24.5 Å². The quantitative estimate of drug-likeness (QED) is 0.521. The smallest absolute Gasteiger partial charge is 0.306 e. The van der Waals surface area contributed by atoms with E-state index in [2.05, 4.69) is 4.98 Å². The lowest BCUT2D eigenvalue weighted by molar-refractivity contribution is -0.155. The van der Waals surface area contributed by atoms with E-state index in [1.54, 1.807) is 48.8 Å². The summed E-state index contributed by atoms with van der Waals surface area (Å²) in [6, 6.07) is 9.55. The fraction of sp³-hybridized carbons (Fsp3) is 0.520. The molecule has 3 rings (SSSR count). The van der Waals surface area contributed by atoms with Crippen LogP contribution in [0.2, 0.25) is 0 Å². The van der Waals surface area contributed by atoms with Crippen LogP contribution in [0.3, 0.4) is 0 Å². The van der Waals surface area contributed by atoms with Crippen LogP contribution in [0.1, 0.15) is 58.4 Å². The van der Waals surface area contributed by atoms with Gasteiger partial charge in [-0.05, 0) is 66.6 Å². The molecule has 0 radical (unpaired) electrons. The summed E-state index contributed by atoms with van der Waals surface area (Å²) in [5.74, 6) is 0.298. The summed E-state index contributed by atoms with van der Waals surface area (Å²) in [6.45, 7) is 6.12. The van der Waals surface area contributed by atoms with Gasteiger partial charge in [-0.1, -0.05) is 27.2 Å². The number of methoxy groups -OCH3 is 1. The van der Waals surface area contributed by atoms with Crippen molar-refractivity contribution in [2.45, 2.75) is 76.5 Å². The largest absolute Gasteiger partial charge is 0.497 e. The zero-order chi connectivity index (χ0) is 24.1. The van der Waals surface area contributed by atoms with Gasteiger partial charge in [0.2, 0.25) is 10.0 Å². The molecule has 0 aliphatic heterocycles. The van der Waals surface area contributed by atoms with E-state index in [-0.39, 0.29) is 29.2 Å². The second-order valence-corrected chi connectivity index (χ2v) is 11.6. The van der Waals surface area contributed by atoms with Gasteiger partial charge in [0.25, 0.3) is 0 Å². The number of esters is 1. The van der Waals surface area contributed by atoms with Crippen LogP contribution >= 0.6 is 0 Å². The first-order valence-corrected chi connectivity index (χ1v) is 12.8. The SMILES string of the molecule is COc1ccc(S(=O)(=O)N(Cc2ccncc2)[C@@H]2CCCCC2OC(=O)CC(C)(C)C)cc1. The Bertz CT molecular complexity index is 1020. The number of carbonyl (C=O) groups excluding carboxylic acids is 1. The predicted octanol–water partition coefficient (Wildman–Crippen LogP) is 4.57. The van der Waals surface area contributed by atoms with Crippen LogP contribution in [0.5, 0.6) is 5.75 Å². The highest BCUT2D eigenvalue weighted by Gasteiger charge is 2.40. The van der Waals surface area contributed by atoms with Crippen LogP contribution in [0, 0.1) is 5.41 Å². The summed E-state index contributed by atoms with van der Waals surface area (Å²) < 4.78 is 40.2. The van der Waals surface area contributed by atoms with Gasteiger partial charge in [-0.3, -0.25) is 9.78 Å². The fourth-order valence-electron chi connectivity index (χ4n) is 4.12. The molecule has 1 unspecified atom stereocenters. The first kappa shape index (κ1) is 25.2. The first-order chi connectivity index (χ1) is 15.6. The number of rotatable bonds is 8. The number of nitrogens with zero attached hydrogens (tertiary/aromatic N) is 2. The molecular weight excluding hydrogens is 440 g/mol. The maximum Gasteiger partial charge on any atom is 0.306 e. The Kier molecular flexibility index (Phi) is 8.13. The summed E-state index contributed by atoms with van der Waals surface area (Å²) in [5, 5.41) is 0. The first-order valence-electron chi connectivity index (χ1n) is 11.3. The molecule has 1 aromatic carbocycles. The molecule has 2 aromatic rings. The standard InChI is InChI=1S/C25H34N2O5S/c1-25(2,3)17-24(28)32-23-8-6-5-7-22(23)27(18-19-13-15-26-16-14-19)33(29,30)21-11-9-20(31-4)10-12-21/h9-16,22-23H,5-8,17-18H2,1-4H3/t22-,23?/m1/s1. The Morgan fingerprint density at radius 3 is 2.30 bits per heavy atom. The van der Waals surface area contributed by atoms with Crippen LogP contribution in [0.4, 0.5) is 0 Å². The van der Waals surface area contributed by atoms with E-state index in [0.717, 1.165) is 18.4 Å². The van der Waals surface area contributed by atoms with Crippen molar-refractivity contribution in [3.05, 3.63) is 54.4 Å². The molecule has 0 N–H and O–H groups in total. The number of pyridine rings is 1. The van der Waals surface area contributed by atoms with Gasteiger partial charge in [0, 0.05) is 18.9 Å². The average Bonchev–Trinajstić information content (AvgIpc) is 2.77. The van der Waals surface area contributed by atoms with E-state index < -0.39 is 22.2 Å². The second-order valence-electron chi connectivity index (χ2n) is 9.70. The molecule has 1 saturated carbocycles. The van der Waals surface area contributed by atoms with Crippen molar-refractivity contribution in [2.75, 3.05) is 7.11 Å². The molecule has 33 heavy (non-hydrogen) atoms. The summed E-state index contributed by atoms with van der Waals surface area (Å²) >= 11 is 0. The molecule has 1 aliphatic rings.